The molecule has 424 valence electrons. The van der Waals surface area contributed by atoms with E-state index in [1.807, 2.05) is 0 Å². The van der Waals surface area contributed by atoms with Crippen LogP contribution in [0.4, 0.5) is 28.4 Å². The first-order chi connectivity index (χ1) is 41.7. The van der Waals surface area contributed by atoms with Gasteiger partial charge in [-0.1, -0.05) is 229 Å². The molecule has 11 aromatic rings. The van der Waals surface area contributed by atoms with Gasteiger partial charge in [0.25, 0.3) is 0 Å². The Morgan fingerprint density at radius 2 is 0.667 bits per heavy atom. The van der Waals surface area contributed by atoms with Gasteiger partial charge in [0.05, 0.1) is 22.6 Å². The lowest BCUT2D eigenvalue weighted by Gasteiger charge is -2.44. The van der Waals surface area contributed by atoms with Crippen molar-refractivity contribution in [1.82, 2.24) is 4.57 Å². The van der Waals surface area contributed by atoms with Gasteiger partial charge in [-0.2, -0.15) is 0 Å². The van der Waals surface area contributed by atoms with E-state index in [1.54, 1.807) is 0 Å². The smallest absolute Gasteiger partial charge is 0.0583 e. The van der Waals surface area contributed by atoms with Crippen molar-refractivity contribution in [3.8, 4) is 50.2 Å². The summed E-state index contributed by atoms with van der Waals surface area (Å²) < 4.78 is 2.75. The van der Waals surface area contributed by atoms with Crippen LogP contribution in [0.1, 0.15) is 151 Å². The van der Waals surface area contributed by atoms with Crippen LogP contribution in [0, 0.1) is 0 Å². The third-order valence-corrected chi connectivity index (χ3v) is 23.1. The molecule has 0 radical (unpaired) electrons. The zero-order valence-electron chi connectivity index (χ0n) is 52.3. The van der Waals surface area contributed by atoms with Crippen LogP contribution in [0.2, 0.25) is 0 Å². The average molecular weight is 1120 g/mol. The van der Waals surface area contributed by atoms with Gasteiger partial charge < -0.3 is 14.4 Å². The molecule has 0 saturated heterocycles. The predicted molar refractivity (Wildman–Crippen MR) is 364 cm³/mol. The number of fused-ring (bicyclic) bond motifs is 13. The minimum atomic E-state index is -0.325. The summed E-state index contributed by atoms with van der Waals surface area (Å²) in [6.07, 6.45) is 3.59. The molecule has 5 aliphatic carbocycles. The first kappa shape index (κ1) is 51.3. The van der Waals surface area contributed by atoms with Gasteiger partial charge in [0.15, 0.2) is 0 Å². The quantitative estimate of drug-likeness (QED) is 0.164. The van der Waals surface area contributed by atoms with Gasteiger partial charge in [-0.05, 0) is 178 Å². The minimum absolute atomic E-state index is 0.0245. The molecular formula is C84H73N3. The monoisotopic (exact) mass is 1120 g/mol. The van der Waals surface area contributed by atoms with Crippen molar-refractivity contribution in [3.05, 3.63) is 272 Å². The maximum Gasteiger partial charge on any atom is 0.0583 e. The van der Waals surface area contributed by atoms with E-state index in [0.29, 0.717) is 0 Å². The van der Waals surface area contributed by atoms with E-state index in [-0.39, 0.29) is 38.5 Å². The highest BCUT2D eigenvalue weighted by atomic mass is 15.2. The molecule has 2 aliphatic heterocycles. The summed E-state index contributed by atoms with van der Waals surface area (Å²) in [7, 11) is 0. The number of nitrogens with zero attached hydrogens (tertiary/aromatic N) is 3. The lowest BCUT2D eigenvalue weighted by molar-refractivity contribution is 0.585. The van der Waals surface area contributed by atoms with Gasteiger partial charge in [0.1, 0.15) is 0 Å². The Bertz CT molecular complexity index is 4890. The van der Waals surface area contributed by atoms with Gasteiger partial charge >= 0.3 is 0 Å². The molecule has 3 heterocycles. The van der Waals surface area contributed by atoms with Crippen LogP contribution in [0.5, 0.6) is 0 Å². The molecule has 87 heavy (non-hydrogen) atoms. The second-order valence-electron chi connectivity index (χ2n) is 29.7. The summed E-state index contributed by atoms with van der Waals surface area (Å²) in [5.41, 5.74) is 35.0. The van der Waals surface area contributed by atoms with Crippen LogP contribution < -0.4 is 20.4 Å². The Hall–Kier alpha value is -8.92. The van der Waals surface area contributed by atoms with E-state index >= 15 is 0 Å². The first-order valence-corrected chi connectivity index (χ1v) is 31.8. The Labute approximate surface area is 512 Å². The second-order valence-corrected chi connectivity index (χ2v) is 29.7. The molecule has 7 aliphatic rings. The summed E-state index contributed by atoms with van der Waals surface area (Å²) in [6.45, 7) is 29.4. The maximum absolute atomic E-state index is 2.75. The molecule has 0 spiro atoms. The van der Waals surface area contributed by atoms with E-state index < -0.39 is 0 Å². The Morgan fingerprint density at radius 1 is 0.322 bits per heavy atom. The Balaban J connectivity index is 0.914. The molecule has 0 amide bonds. The number of rotatable bonds is 6. The van der Waals surface area contributed by atoms with E-state index in [4.69, 9.17) is 0 Å². The molecule has 0 saturated carbocycles. The third-order valence-electron chi connectivity index (χ3n) is 23.1. The van der Waals surface area contributed by atoms with Crippen LogP contribution in [-0.4, -0.2) is 10.6 Å². The van der Waals surface area contributed by atoms with Crippen molar-refractivity contribution in [2.24, 2.45) is 0 Å². The highest BCUT2D eigenvalue weighted by molar-refractivity contribution is 6.00. The standard InChI is InChI=1S/C84H73N3/c1-79(2)64-26-17-13-22-54(64)58-36-32-48(42-70(58)79)85(49-33-37-59-55-23-14-18-27-65(55)80(3,4)71(59)43-49)52-40-62-63-41-53(47-75-77(63)87-76(62)74(46-52)83(9,10)68-30-21-31-69(78(68)87)84(75,11)12)86(50-34-38-60-56-24-15-19-28-66(56)81(5,6)72(60)44-50)51-35-39-61-57-25-16-20-29-67(57)82(7,8)73(61)45-51/h13-46,53H,47H2,1-12H3. The molecule has 0 bridgehead atoms. The van der Waals surface area contributed by atoms with Crippen molar-refractivity contribution in [2.45, 2.75) is 128 Å². The van der Waals surface area contributed by atoms with E-state index in [1.165, 1.54) is 167 Å². The van der Waals surface area contributed by atoms with E-state index in [2.05, 4.69) is 304 Å². The minimum Gasteiger partial charge on any atom is -0.334 e. The topological polar surface area (TPSA) is 11.4 Å². The number of anilines is 5. The van der Waals surface area contributed by atoms with Crippen LogP contribution in [-0.2, 0) is 32.5 Å². The summed E-state index contributed by atoms with van der Waals surface area (Å²) in [5.74, 6) is 0. The fourth-order valence-corrected chi connectivity index (χ4v) is 18.4. The summed E-state index contributed by atoms with van der Waals surface area (Å²) in [4.78, 5) is 5.37. The Kier molecular flexibility index (Phi) is 9.77. The highest BCUT2D eigenvalue weighted by Crippen LogP contribution is 2.58. The van der Waals surface area contributed by atoms with Crippen molar-refractivity contribution in [3.63, 3.8) is 0 Å². The second kappa shape index (κ2) is 16.6. The van der Waals surface area contributed by atoms with Crippen LogP contribution in [0.3, 0.4) is 0 Å². The third kappa shape index (κ3) is 6.37. The molecule has 18 rings (SSSR count). The normalized spacial score (nSPS) is 18.8. The molecule has 0 N–H and O–H groups in total. The SMILES string of the molecule is CC1(C)C2=c3c(c4cc(N(c5ccc6c(c5)C(C)(C)c5ccccc5-6)c5ccc6c(c5)C(C)(C)c5ccccc5-6)cc5c4n3-c3c1cccc3C5(C)C)=CC(N(c1ccc3c(c1)C(C)(C)c1ccccc1-3)c1ccc3c(c1)C(C)(C)c1ccccc1-3)C2. The van der Waals surface area contributed by atoms with Gasteiger partial charge in [-0.15, -0.1) is 0 Å². The maximum atomic E-state index is 2.75. The van der Waals surface area contributed by atoms with E-state index in [9.17, 15) is 0 Å². The van der Waals surface area contributed by atoms with Crippen molar-refractivity contribution in [2.75, 3.05) is 9.80 Å². The van der Waals surface area contributed by atoms with Crippen LogP contribution in [0.15, 0.2) is 200 Å². The number of para-hydroxylation sites is 1. The van der Waals surface area contributed by atoms with E-state index in [0.717, 1.165) is 6.42 Å². The lowest BCUT2D eigenvalue weighted by atomic mass is 9.67. The molecule has 10 aromatic carbocycles. The Morgan fingerprint density at radius 3 is 1.10 bits per heavy atom. The predicted octanol–water partition coefficient (Wildman–Crippen LogP) is 19.8. The molecule has 0 fully saturated rings. The lowest BCUT2D eigenvalue weighted by Crippen LogP contribution is -2.49. The molecule has 1 atom stereocenters. The summed E-state index contributed by atoms with van der Waals surface area (Å²) in [5, 5.41) is 4.04. The van der Waals surface area contributed by atoms with Crippen molar-refractivity contribution in [1.29, 1.82) is 0 Å². The van der Waals surface area contributed by atoms with Crippen molar-refractivity contribution < 1.29 is 0 Å². The number of hydrogen-bond acceptors (Lipinski definition) is 2. The van der Waals surface area contributed by atoms with Crippen molar-refractivity contribution >= 4 is 51.0 Å². The molecular weight excluding hydrogens is 1050 g/mol. The fourth-order valence-electron chi connectivity index (χ4n) is 18.4. The number of aromatic nitrogens is 1. The number of hydrogen-bond donors (Lipinski definition) is 0. The largest absolute Gasteiger partial charge is 0.334 e. The number of benzene rings is 10. The average Bonchev–Trinajstić information content (AvgIpc) is 1.54. The van der Waals surface area contributed by atoms with Crippen LogP contribution in [0.25, 0.3) is 72.7 Å². The zero-order valence-corrected chi connectivity index (χ0v) is 52.3. The molecule has 1 aromatic heterocycles. The van der Waals surface area contributed by atoms with Gasteiger partial charge in [-0.25, -0.2) is 0 Å². The summed E-state index contributed by atoms with van der Waals surface area (Å²) >= 11 is 0. The summed E-state index contributed by atoms with van der Waals surface area (Å²) in [6, 6.07) is 78.2. The fraction of sp³-hybridized carbons (Fsp3) is 0.238. The van der Waals surface area contributed by atoms with Gasteiger partial charge in [-0.3, -0.25) is 0 Å². The molecule has 3 heteroatoms. The van der Waals surface area contributed by atoms with Crippen LogP contribution >= 0.6 is 0 Å². The molecule has 3 nitrogen and oxygen atoms in total. The van der Waals surface area contributed by atoms with Gasteiger partial charge in [0.2, 0.25) is 0 Å². The zero-order chi connectivity index (χ0) is 59.4. The first-order valence-electron chi connectivity index (χ1n) is 31.8. The highest BCUT2D eigenvalue weighted by Gasteiger charge is 2.47. The van der Waals surface area contributed by atoms with Gasteiger partial charge in [0, 0.05) is 71.5 Å². The molecule has 1 unspecified atom stereocenters.